The van der Waals surface area contributed by atoms with E-state index in [0.717, 1.165) is 17.5 Å². The molecule has 4 heteroatoms. The predicted octanol–water partition coefficient (Wildman–Crippen LogP) is 4.61. The molecule has 19 heavy (non-hydrogen) atoms. The summed E-state index contributed by atoms with van der Waals surface area (Å²) in [6.45, 7) is 2.02. The predicted molar refractivity (Wildman–Crippen MR) is 66.8 cm³/mol. The van der Waals surface area contributed by atoms with Crippen LogP contribution < -0.4 is 4.74 Å². The standard InChI is InChI=1S/C15H12F3O/c1-2-11-6-8-12(9-7-11)13-4-3-5-14(10-13)19-15(16,17)18/h3-6,8-10H,2H2,1H3. The largest absolute Gasteiger partial charge is 0.573 e. The minimum absolute atomic E-state index is 0.218. The van der Waals surface area contributed by atoms with Crippen molar-refractivity contribution in [3.8, 4) is 16.9 Å². The Morgan fingerprint density at radius 2 is 1.89 bits per heavy atom. The van der Waals surface area contributed by atoms with Crippen LogP contribution in [0.15, 0.2) is 42.5 Å². The van der Waals surface area contributed by atoms with Crippen LogP contribution in [0.1, 0.15) is 12.5 Å². The highest BCUT2D eigenvalue weighted by Gasteiger charge is 2.31. The summed E-state index contributed by atoms with van der Waals surface area (Å²) in [6, 6.07) is 14.5. The molecule has 0 heterocycles. The van der Waals surface area contributed by atoms with E-state index in [9.17, 15) is 13.2 Å². The maximum absolute atomic E-state index is 12.1. The number of rotatable bonds is 3. The second kappa shape index (κ2) is 5.34. The summed E-state index contributed by atoms with van der Waals surface area (Å²) in [6.07, 6.45) is -3.80. The van der Waals surface area contributed by atoms with Gasteiger partial charge >= 0.3 is 6.36 Å². The molecule has 0 bridgehead atoms. The zero-order chi connectivity index (χ0) is 13.9. The van der Waals surface area contributed by atoms with Gasteiger partial charge in [-0.05, 0) is 47.4 Å². The van der Waals surface area contributed by atoms with Crippen LogP contribution in [-0.2, 0) is 6.42 Å². The maximum Gasteiger partial charge on any atom is 0.573 e. The van der Waals surface area contributed by atoms with Crippen molar-refractivity contribution in [1.82, 2.24) is 0 Å². The van der Waals surface area contributed by atoms with Gasteiger partial charge in [-0.1, -0.05) is 31.2 Å². The van der Waals surface area contributed by atoms with Crippen molar-refractivity contribution in [3.05, 3.63) is 54.1 Å². The highest BCUT2D eigenvalue weighted by Crippen LogP contribution is 2.28. The first-order chi connectivity index (χ1) is 8.98. The number of benzene rings is 2. The third kappa shape index (κ3) is 3.74. The summed E-state index contributed by atoms with van der Waals surface area (Å²) < 4.78 is 40.3. The van der Waals surface area contributed by atoms with Crippen LogP contribution in [-0.4, -0.2) is 6.36 Å². The molecule has 0 saturated heterocycles. The van der Waals surface area contributed by atoms with Crippen molar-refractivity contribution in [1.29, 1.82) is 0 Å². The van der Waals surface area contributed by atoms with Crippen LogP contribution in [0.5, 0.6) is 5.75 Å². The second-order valence-corrected chi connectivity index (χ2v) is 4.03. The summed E-state index contributed by atoms with van der Waals surface area (Å²) in [5.74, 6) is -0.218. The van der Waals surface area contributed by atoms with Crippen LogP contribution in [0.3, 0.4) is 0 Å². The number of hydrogen-bond acceptors (Lipinski definition) is 1. The molecule has 0 fully saturated rings. The Bertz CT molecular complexity index is 544. The first kappa shape index (κ1) is 13.5. The van der Waals surface area contributed by atoms with Crippen molar-refractivity contribution in [2.24, 2.45) is 0 Å². The Morgan fingerprint density at radius 1 is 1.11 bits per heavy atom. The summed E-state index contributed by atoms with van der Waals surface area (Å²) in [7, 11) is 0. The van der Waals surface area contributed by atoms with Crippen molar-refractivity contribution in [3.63, 3.8) is 0 Å². The fourth-order valence-electron chi connectivity index (χ4n) is 1.73. The van der Waals surface area contributed by atoms with Crippen LogP contribution in [0, 0.1) is 6.07 Å². The van der Waals surface area contributed by atoms with Crippen molar-refractivity contribution in [2.45, 2.75) is 19.7 Å². The molecule has 2 rings (SSSR count). The number of ether oxygens (including phenoxy) is 1. The lowest BCUT2D eigenvalue weighted by atomic mass is 10.0. The van der Waals surface area contributed by atoms with Gasteiger partial charge in [0.05, 0.1) is 0 Å². The quantitative estimate of drug-likeness (QED) is 0.787. The highest BCUT2D eigenvalue weighted by atomic mass is 19.4. The monoisotopic (exact) mass is 265 g/mol. The third-order valence-electron chi connectivity index (χ3n) is 2.66. The van der Waals surface area contributed by atoms with Gasteiger partial charge in [0.2, 0.25) is 0 Å². The van der Waals surface area contributed by atoms with Crippen molar-refractivity contribution >= 4 is 0 Å². The summed E-state index contributed by atoms with van der Waals surface area (Å²) in [5.41, 5.74) is 2.54. The molecule has 0 amide bonds. The van der Waals surface area contributed by atoms with E-state index in [1.165, 1.54) is 18.2 Å². The molecule has 0 aliphatic carbocycles. The van der Waals surface area contributed by atoms with Crippen LogP contribution in [0.4, 0.5) is 13.2 Å². The molecular formula is C15H12F3O. The van der Waals surface area contributed by atoms with Gasteiger partial charge in [0.1, 0.15) is 5.75 Å². The fourth-order valence-corrected chi connectivity index (χ4v) is 1.73. The molecule has 0 N–H and O–H groups in total. The third-order valence-corrected chi connectivity index (χ3v) is 2.66. The van der Waals surface area contributed by atoms with Crippen molar-refractivity contribution in [2.75, 3.05) is 0 Å². The lowest BCUT2D eigenvalue weighted by molar-refractivity contribution is -0.274. The van der Waals surface area contributed by atoms with Gasteiger partial charge in [0.25, 0.3) is 0 Å². The van der Waals surface area contributed by atoms with E-state index in [0.29, 0.717) is 5.56 Å². The first-order valence-electron chi connectivity index (χ1n) is 5.85. The van der Waals surface area contributed by atoms with Gasteiger partial charge in [-0.25, -0.2) is 0 Å². The zero-order valence-corrected chi connectivity index (χ0v) is 10.3. The molecular weight excluding hydrogens is 253 g/mol. The Kier molecular flexibility index (Phi) is 3.79. The molecule has 0 saturated carbocycles. The lowest BCUT2D eigenvalue weighted by Crippen LogP contribution is -2.17. The Morgan fingerprint density at radius 3 is 2.47 bits per heavy atom. The van der Waals surface area contributed by atoms with Gasteiger partial charge in [-0.2, -0.15) is 0 Å². The van der Waals surface area contributed by atoms with Gasteiger partial charge < -0.3 is 4.74 Å². The van der Waals surface area contributed by atoms with E-state index >= 15 is 0 Å². The van der Waals surface area contributed by atoms with Crippen LogP contribution >= 0.6 is 0 Å². The SMILES string of the molecule is CCc1[c]cc(-c2cccc(OC(F)(F)F)c2)cc1. The fraction of sp³-hybridized carbons (Fsp3) is 0.200. The molecule has 0 atom stereocenters. The molecule has 2 aromatic carbocycles. The Balaban J connectivity index is 2.27. The van der Waals surface area contributed by atoms with Gasteiger partial charge in [-0.3, -0.25) is 0 Å². The molecule has 0 aliphatic heterocycles. The molecule has 0 unspecified atom stereocenters. The topological polar surface area (TPSA) is 9.23 Å². The summed E-state index contributed by atoms with van der Waals surface area (Å²) in [4.78, 5) is 0. The highest BCUT2D eigenvalue weighted by molar-refractivity contribution is 5.65. The van der Waals surface area contributed by atoms with E-state index < -0.39 is 6.36 Å². The first-order valence-corrected chi connectivity index (χ1v) is 5.85. The average Bonchev–Trinajstić information content (AvgIpc) is 2.37. The van der Waals surface area contributed by atoms with Gasteiger partial charge in [0.15, 0.2) is 0 Å². The maximum atomic E-state index is 12.1. The number of hydrogen-bond donors (Lipinski definition) is 0. The Labute approximate surface area is 109 Å². The number of halogens is 3. The van der Waals surface area contributed by atoms with E-state index in [1.807, 2.05) is 19.1 Å². The minimum Gasteiger partial charge on any atom is -0.406 e. The van der Waals surface area contributed by atoms with E-state index in [-0.39, 0.29) is 5.75 Å². The van der Waals surface area contributed by atoms with E-state index in [2.05, 4.69) is 10.8 Å². The Hall–Kier alpha value is -1.97. The molecule has 2 aromatic rings. The number of alkyl halides is 3. The normalized spacial score (nSPS) is 11.4. The van der Waals surface area contributed by atoms with E-state index in [1.54, 1.807) is 12.1 Å². The smallest absolute Gasteiger partial charge is 0.406 e. The second-order valence-electron chi connectivity index (χ2n) is 4.03. The van der Waals surface area contributed by atoms with Crippen LogP contribution in [0.2, 0.25) is 0 Å². The lowest BCUT2D eigenvalue weighted by Gasteiger charge is -2.10. The van der Waals surface area contributed by atoms with E-state index in [4.69, 9.17) is 0 Å². The minimum atomic E-state index is -4.67. The molecule has 0 aliphatic rings. The molecule has 0 aromatic heterocycles. The average molecular weight is 265 g/mol. The summed E-state index contributed by atoms with van der Waals surface area (Å²) >= 11 is 0. The molecule has 1 radical (unpaired) electrons. The summed E-state index contributed by atoms with van der Waals surface area (Å²) in [5, 5.41) is 0. The molecule has 99 valence electrons. The van der Waals surface area contributed by atoms with Crippen LogP contribution in [0.25, 0.3) is 11.1 Å². The number of aryl methyl sites for hydroxylation is 1. The van der Waals surface area contributed by atoms with Gasteiger partial charge in [0, 0.05) is 0 Å². The van der Waals surface area contributed by atoms with Gasteiger partial charge in [-0.15, -0.1) is 13.2 Å². The van der Waals surface area contributed by atoms with Crippen molar-refractivity contribution < 1.29 is 17.9 Å². The molecule has 1 nitrogen and oxygen atoms in total. The zero-order valence-electron chi connectivity index (χ0n) is 10.3. The molecule has 0 spiro atoms.